The molecule has 0 bridgehead atoms. The van der Waals surface area contributed by atoms with Gasteiger partial charge in [0.1, 0.15) is 5.82 Å². The SMILES string of the molecule is CC(C)NCCN(C)CCc1ccc(F)cc1. The van der Waals surface area contributed by atoms with E-state index in [1.165, 1.54) is 17.7 Å². The topological polar surface area (TPSA) is 15.3 Å². The van der Waals surface area contributed by atoms with Gasteiger partial charge in [-0.25, -0.2) is 4.39 Å². The number of halogens is 1. The van der Waals surface area contributed by atoms with Crippen molar-refractivity contribution in [1.29, 1.82) is 0 Å². The highest BCUT2D eigenvalue weighted by Crippen LogP contribution is 2.03. The summed E-state index contributed by atoms with van der Waals surface area (Å²) in [7, 11) is 2.12. The molecule has 1 aromatic rings. The zero-order chi connectivity index (χ0) is 12.7. The molecule has 0 unspecified atom stereocenters. The van der Waals surface area contributed by atoms with Crippen LogP contribution >= 0.6 is 0 Å². The third-order valence-electron chi connectivity index (χ3n) is 2.74. The first-order valence-corrected chi connectivity index (χ1v) is 6.24. The Labute approximate surface area is 104 Å². The summed E-state index contributed by atoms with van der Waals surface area (Å²) < 4.78 is 12.7. The van der Waals surface area contributed by atoms with Gasteiger partial charge in [-0.05, 0) is 31.2 Å². The van der Waals surface area contributed by atoms with Crippen LogP contribution in [-0.2, 0) is 6.42 Å². The lowest BCUT2D eigenvalue weighted by atomic mass is 10.1. The lowest BCUT2D eigenvalue weighted by Gasteiger charge is -2.17. The predicted molar refractivity (Wildman–Crippen MR) is 70.7 cm³/mol. The highest BCUT2D eigenvalue weighted by Gasteiger charge is 2.00. The van der Waals surface area contributed by atoms with Crippen molar-refractivity contribution in [3.8, 4) is 0 Å². The molecule has 0 saturated heterocycles. The summed E-state index contributed by atoms with van der Waals surface area (Å²) in [4.78, 5) is 2.29. The van der Waals surface area contributed by atoms with Gasteiger partial charge in [0.15, 0.2) is 0 Å². The second kappa shape index (κ2) is 7.41. The van der Waals surface area contributed by atoms with E-state index in [4.69, 9.17) is 0 Å². The van der Waals surface area contributed by atoms with Crippen LogP contribution in [0.15, 0.2) is 24.3 Å². The van der Waals surface area contributed by atoms with Crippen molar-refractivity contribution in [3.05, 3.63) is 35.6 Å². The van der Waals surface area contributed by atoms with Crippen LogP contribution < -0.4 is 5.32 Å². The van der Waals surface area contributed by atoms with E-state index in [9.17, 15) is 4.39 Å². The Morgan fingerprint density at radius 3 is 2.41 bits per heavy atom. The number of hydrogen-bond acceptors (Lipinski definition) is 2. The van der Waals surface area contributed by atoms with Crippen LogP contribution in [0.3, 0.4) is 0 Å². The Kier molecular flexibility index (Phi) is 6.16. The normalized spacial score (nSPS) is 11.4. The molecule has 3 heteroatoms. The fraction of sp³-hybridized carbons (Fsp3) is 0.571. The molecule has 0 aliphatic rings. The van der Waals surface area contributed by atoms with Gasteiger partial charge >= 0.3 is 0 Å². The van der Waals surface area contributed by atoms with Crippen LogP contribution in [0.1, 0.15) is 19.4 Å². The minimum Gasteiger partial charge on any atom is -0.313 e. The van der Waals surface area contributed by atoms with Crippen LogP contribution in [-0.4, -0.2) is 37.6 Å². The summed E-state index contributed by atoms with van der Waals surface area (Å²) >= 11 is 0. The second-order valence-electron chi connectivity index (χ2n) is 4.79. The van der Waals surface area contributed by atoms with E-state index in [2.05, 4.69) is 31.1 Å². The van der Waals surface area contributed by atoms with Crippen LogP contribution in [0.25, 0.3) is 0 Å². The summed E-state index contributed by atoms with van der Waals surface area (Å²) in [5.41, 5.74) is 1.19. The minimum atomic E-state index is -0.164. The fourth-order valence-electron chi connectivity index (χ4n) is 1.63. The number of nitrogens with one attached hydrogen (secondary N) is 1. The molecule has 0 radical (unpaired) electrons. The first kappa shape index (κ1) is 14.1. The summed E-state index contributed by atoms with van der Waals surface area (Å²) in [5.74, 6) is -0.164. The summed E-state index contributed by atoms with van der Waals surface area (Å²) in [6.07, 6.45) is 0.971. The maximum absolute atomic E-state index is 12.7. The standard InChI is InChI=1S/C14H23FN2/c1-12(2)16-9-11-17(3)10-8-13-4-6-14(15)7-5-13/h4-7,12,16H,8-11H2,1-3H3. The Balaban J connectivity index is 2.19. The van der Waals surface area contributed by atoms with Crippen molar-refractivity contribution < 1.29 is 4.39 Å². The van der Waals surface area contributed by atoms with Gasteiger partial charge in [-0.1, -0.05) is 26.0 Å². The molecule has 0 aliphatic heterocycles. The molecule has 0 aromatic heterocycles. The minimum absolute atomic E-state index is 0.164. The molecule has 1 N–H and O–H groups in total. The molecule has 0 aliphatic carbocycles. The van der Waals surface area contributed by atoms with Crippen molar-refractivity contribution in [1.82, 2.24) is 10.2 Å². The fourth-order valence-corrected chi connectivity index (χ4v) is 1.63. The molecule has 2 nitrogen and oxygen atoms in total. The van der Waals surface area contributed by atoms with Gasteiger partial charge in [-0.3, -0.25) is 0 Å². The summed E-state index contributed by atoms with van der Waals surface area (Å²) in [5, 5.41) is 3.39. The molecule has 17 heavy (non-hydrogen) atoms. The van der Waals surface area contributed by atoms with Crippen molar-refractivity contribution in [2.45, 2.75) is 26.3 Å². The Hall–Kier alpha value is -0.930. The van der Waals surface area contributed by atoms with Gasteiger partial charge in [0.05, 0.1) is 0 Å². The molecule has 0 fully saturated rings. The Bertz CT molecular complexity index is 309. The maximum Gasteiger partial charge on any atom is 0.123 e. The Morgan fingerprint density at radius 2 is 1.82 bits per heavy atom. The largest absolute Gasteiger partial charge is 0.313 e. The van der Waals surface area contributed by atoms with E-state index in [1.807, 2.05) is 12.1 Å². The zero-order valence-corrected chi connectivity index (χ0v) is 11.0. The monoisotopic (exact) mass is 238 g/mol. The lowest BCUT2D eigenvalue weighted by Crippen LogP contribution is -2.33. The maximum atomic E-state index is 12.7. The lowest BCUT2D eigenvalue weighted by molar-refractivity contribution is 0.331. The van der Waals surface area contributed by atoms with Crippen LogP contribution in [0, 0.1) is 5.82 Å². The van der Waals surface area contributed by atoms with Gasteiger partial charge in [-0.15, -0.1) is 0 Å². The van der Waals surface area contributed by atoms with Crippen molar-refractivity contribution in [3.63, 3.8) is 0 Å². The van der Waals surface area contributed by atoms with Crippen molar-refractivity contribution in [2.75, 3.05) is 26.7 Å². The molecule has 1 aromatic carbocycles. The summed E-state index contributed by atoms with van der Waals surface area (Å²) in [6.45, 7) is 7.36. The third-order valence-corrected chi connectivity index (χ3v) is 2.74. The first-order chi connectivity index (χ1) is 8.08. The summed E-state index contributed by atoms with van der Waals surface area (Å²) in [6, 6.07) is 7.30. The number of rotatable bonds is 7. The highest BCUT2D eigenvalue weighted by molar-refractivity contribution is 5.16. The first-order valence-electron chi connectivity index (χ1n) is 6.24. The molecule has 0 spiro atoms. The second-order valence-corrected chi connectivity index (χ2v) is 4.79. The van der Waals surface area contributed by atoms with E-state index >= 15 is 0 Å². The predicted octanol–water partition coefficient (Wildman–Crippen LogP) is 2.30. The highest BCUT2D eigenvalue weighted by atomic mass is 19.1. The average Bonchev–Trinajstić information content (AvgIpc) is 2.28. The van der Waals surface area contributed by atoms with Gasteiger partial charge in [0.2, 0.25) is 0 Å². The van der Waals surface area contributed by atoms with E-state index < -0.39 is 0 Å². The smallest absolute Gasteiger partial charge is 0.123 e. The van der Waals surface area contributed by atoms with Crippen LogP contribution in [0.5, 0.6) is 0 Å². The molecule has 0 amide bonds. The number of likely N-dealkylation sites (N-methyl/N-ethyl adjacent to an activating group) is 1. The molecule has 0 atom stereocenters. The van der Waals surface area contributed by atoms with Gasteiger partial charge in [0.25, 0.3) is 0 Å². The number of benzene rings is 1. The number of nitrogens with zero attached hydrogens (tertiary/aromatic N) is 1. The third kappa shape index (κ3) is 6.39. The molecule has 0 saturated carbocycles. The van der Waals surface area contributed by atoms with Gasteiger partial charge in [-0.2, -0.15) is 0 Å². The van der Waals surface area contributed by atoms with Crippen LogP contribution in [0.4, 0.5) is 4.39 Å². The van der Waals surface area contributed by atoms with Crippen LogP contribution in [0.2, 0.25) is 0 Å². The molecular formula is C14H23FN2. The van der Waals surface area contributed by atoms with E-state index in [1.54, 1.807) is 0 Å². The van der Waals surface area contributed by atoms with E-state index in [0.717, 1.165) is 26.1 Å². The van der Waals surface area contributed by atoms with Crippen molar-refractivity contribution >= 4 is 0 Å². The molecular weight excluding hydrogens is 215 g/mol. The zero-order valence-electron chi connectivity index (χ0n) is 11.0. The quantitative estimate of drug-likeness (QED) is 0.784. The Morgan fingerprint density at radius 1 is 1.18 bits per heavy atom. The number of hydrogen-bond donors (Lipinski definition) is 1. The van der Waals surface area contributed by atoms with E-state index in [0.29, 0.717) is 6.04 Å². The average molecular weight is 238 g/mol. The molecule has 0 heterocycles. The molecule has 1 rings (SSSR count). The van der Waals surface area contributed by atoms with Gasteiger partial charge < -0.3 is 10.2 Å². The van der Waals surface area contributed by atoms with Crippen molar-refractivity contribution in [2.24, 2.45) is 0 Å². The molecule has 96 valence electrons. The van der Waals surface area contributed by atoms with E-state index in [-0.39, 0.29) is 5.82 Å². The van der Waals surface area contributed by atoms with Gasteiger partial charge in [0, 0.05) is 25.7 Å².